The molecule has 176 valence electrons. The van der Waals surface area contributed by atoms with Crippen molar-refractivity contribution < 1.29 is 22.8 Å². The van der Waals surface area contributed by atoms with Gasteiger partial charge in [0.15, 0.2) is 5.78 Å². The standard InChI is InChI=1S/C23H27FN3O4PS/c1-4-30-32(29,31-5-2)22(18-13-9-10-14-20(18)24)27-23(33-3)19(15-25)21(28)26-16-17-11-7-6-8-12-17/h6-14,22,27H,4-5,16H2,1-3H3,(H,26,28)/b23-19+. The first-order valence-electron chi connectivity index (χ1n) is 10.3. The van der Waals surface area contributed by atoms with Gasteiger partial charge in [-0.2, -0.15) is 5.26 Å². The van der Waals surface area contributed by atoms with Gasteiger partial charge in [-0.15, -0.1) is 11.8 Å². The van der Waals surface area contributed by atoms with Crippen LogP contribution in [0, 0.1) is 17.1 Å². The molecule has 2 aromatic carbocycles. The Hall–Kier alpha value is -2.63. The molecule has 2 N–H and O–H groups in total. The average molecular weight is 492 g/mol. The fourth-order valence-electron chi connectivity index (χ4n) is 3.00. The Bertz CT molecular complexity index is 1050. The first kappa shape index (κ1) is 26.6. The highest BCUT2D eigenvalue weighted by Crippen LogP contribution is 2.60. The van der Waals surface area contributed by atoms with E-state index < -0.39 is 25.1 Å². The van der Waals surface area contributed by atoms with Gasteiger partial charge in [-0.3, -0.25) is 9.36 Å². The van der Waals surface area contributed by atoms with Crippen LogP contribution < -0.4 is 10.6 Å². The Labute approximate surface area is 197 Å². The summed E-state index contributed by atoms with van der Waals surface area (Å²) in [4.78, 5) is 12.8. The molecule has 0 bridgehead atoms. The molecule has 7 nitrogen and oxygen atoms in total. The maximum atomic E-state index is 14.7. The van der Waals surface area contributed by atoms with Gasteiger partial charge in [-0.25, -0.2) is 4.39 Å². The largest absolute Gasteiger partial charge is 0.361 e. The van der Waals surface area contributed by atoms with Crippen molar-refractivity contribution in [1.29, 1.82) is 5.26 Å². The fraction of sp³-hybridized carbons (Fsp3) is 0.304. The quantitative estimate of drug-likeness (QED) is 0.242. The Morgan fingerprint density at radius 1 is 1.12 bits per heavy atom. The minimum absolute atomic E-state index is 0.0382. The van der Waals surface area contributed by atoms with Gasteiger partial charge in [0.1, 0.15) is 17.5 Å². The zero-order valence-electron chi connectivity index (χ0n) is 18.7. The van der Waals surface area contributed by atoms with E-state index in [1.54, 1.807) is 26.2 Å². The van der Waals surface area contributed by atoms with Crippen molar-refractivity contribution in [3.63, 3.8) is 0 Å². The summed E-state index contributed by atoms with van der Waals surface area (Å²) in [6, 6.07) is 16.9. The Kier molecular flexibility index (Phi) is 10.6. The third kappa shape index (κ3) is 7.18. The van der Waals surface area contributed by atoms with E-state index >= 15 is 0 Å². The minimum atomic E-state index is -3.93. The molecule has 1 amide bonds. The van der Waals surface area contributed by atoms with Crippen molar-refractivity contribution in [3.8, 4) is 6.07 Å². The zero-order chi connectivity index (χ0) is 24.3. The normalized spacial score (nSPS) is 12.9. The number of thioether (sulfide) groups is 1. The number of hydrogen-bond acceptors (Lipinski definition) is 7. The van der Waals surface area contributed by atoms with Crippen LogP contribution in [0.2, 0.25) is 0 Å². The molecule has 33 heavy (non-hydrogen) atoms. The number of nitrogens with zero attached hydrogens (tertiary/aromatic N) is 1. The van der Waals surface area contributed by atoms with E-state index in [1.165, 1.54) is 18.2 Å². The van der Waals surface area contributed by atoms with E-state index in [-0.39, 0.29) is 35.9 Å². The number of rotatable bonds is 12. The number of nitriles is 1. The molecule has 0 aliphatic heterocycles. The molecular formula is C23H27FN3O4PS. The van der Waals surface area contributed by atoms with E-state index in [1.807, 2.05) is 36.4 Å². The summed E-state index contributed by atoms with van der Waals surface area (Å²) in [5, 5.41) is 15.4. The summed E-state index contributed by atoms with van der Waals surface area (Å²) in [6.07, 6.45) is 1.65. The topological polar surface area (TPSA) is 100 Å². The number of carbonyl (C=O) groups excluding carboxylic acids is 1. The smallest absolute Gasteiger partial charge is 0.357 e. The maximum Gasteiger partial charge on any atom is 0.357 e. The van der Waals surface area contributed by atoms with E-state index in [2.05, 4.69) is 10.6 Å². The molecule has 0 aliphatic carbocycles. The molecule has 10 heteroatoms. The summed E-state index contributed by atoms with van der Waals surface area (Å²) in [5.41, 5.74) is 0.679. The van der Waals surface area contributed by atoms with Gasteiger partial charge in [-0.05, 0) is 31.7 Å². The van der Waals surface area contributed by atoms with Crippen LogP contribution in [0.15, 0.2) is 65.2 Å². The van der Waals surface area contributed by atoms with Crippen LogP contribution in [0.5, 0.6) is 0 Å². The lowest BCUT2D eigenvalue weighted by Gasteiger charge is -2.29. The first-order valence-corrected chi connectivity index (χ1v) is 13.1. The molecule has 0 aliphatic rings. The van der Waals surface area contributed by atoms with Crippen molar-refractivity contribution >= 4 is 25.3 Å². The summed E-state index contributed by atoms with van der Waals surface area (Å²) in [6.45, 7) is 3.63. The first-order chi connectivity index (χ1) is 15.9. The van der Waals surface area contributed by atoms with Gasteiger partial charge in [0, 0.05) is 12.1 Å². The highest BCUT2D eigenvalue weighted by molar-refractivity contribution is 8.02. The number of nitrogens with one attached hydrogen (secondary N) is 2. The van der Waals surface area contributed by atoms with Crippen molar-refractivity contribution in [2.45, 2.75) is 26.2 Å². The lowest BCUT2D eigenvalue weighted by molar-refractivity contribution is -0.117. The monoisotopic (exact) mass is 491 g/mol. The van der Waals surface area contributed by atoms with Gasteiger partial charge in [0.05, 0.1) is 18.2 Å². The highest BCUT2D eigenvalue weighted by Gasteiger charge is 2.39. The zero-order valence-corrected chi connectivity index (χ0v) is 20.4. The molecule has 0 saturated carbocycles. The third-order valence-electron chi connectivity index (χ3n) is 4.47. The van der Waals surface area contributed by atoms with Gasteiger partial charge in [0.25, 0.3) is 5.91 Å². The summed E-state index contributed by atoms with van der Waals surface area (Å²) in [7, 11) is -3.93. The molecule has 0 fully saturated rings. The number of hydrogen-bond donors (Lipinski definition) is 2. The van der Waals surface area contributed by atoms with Gasteiger partial charge < -0.3 is 19.7 Å². The van der Waals surface area contributed by atoms with Crippen LogP contribution in [-0.2, 0) is 25.0 Å². The second-order valence-electron chi connectivity index (χ2n) is 6.63. The average Bonchev–Trinajstić information content (AvgIpc) is 2.82. The Balaban J connectivity index is 2.44. The van der Waals surface area contributed by atoms with Gasteiger partial charge in [-0.1, -0.05) is 48.5 Å². The van der Waals surface area contributed by atoms with Crippen molar-refractivity contribution in [2.24, 2.45) is 0 Å². The summed E-state index contributed by atoms with van der Waals surface area (Å²) >= 11 is 1.06. The molecule has 0 heterocycles. The summed E-state index contributed by atoms with van der Waals surface area (Å²) in [5.74, 6) is -2.51. The van der Waals surface area contributed by atoms with Crippen molar-refractivity contribution in [2.75, 3.05) is 19.5 Å². The van der Waals surface area contributed by atoms with Gasteiger partial charge in [0.2, 0.25) is 0 Å². The third-order valence-corrected chi connectivity index (χ3v) is 7.47. The van der Waals surface area contributed by atoms with E-state index in [4.69, 9.17) is 9.05 Å². The number of benzene rings is 2. The fourth-order valence-corrected chi connectivity index (χ4v) is 5.59. The predicted molar refractivity (Wildman–Crippen MR) is 128 cm³/mol. The van der Waals surface area contributed by atoms with Crippen LogP contribution in [0.25, 0.3) is 0 Å². The number of carbonyl (C=O) groups is 1. The van der Waals surface area contributed by atoms with Crippen LogP contribution in [0.4, 0.5) is 4.39 Å². The molecule has 0 radical (unpaired) electrons. The second kappa shape index (κ2) is 13.2. The molecular weight excluding hydrogens is 464 g/mol. The minimum Gasteiger partial charge on any atom is -0.361 e. The van der Waals surface area contributed by atoms with E-state index in [0.717, 1.165) is 17.3 Å². The molecule has 0 aromatic heterocycles. The highest BCUT2D eigenvalue weighted by atomic mass is 32.2. The lowest BCUT2D eigenvalue weighted by Crippen LogP contribution is -2.29. The Morgan fingerprint density at radius 2 is 1.73 bits per heavy atom. The van der Waals surface area contributed by atoms with Crippen LogP contribution in [0.3, 0.4) is 0 Å². The van der Waals surface area contributed by atoms with Gasteiger partial charge >= 0.3 is 7.60 Å². The SMILES string of the molecule is CCOP(=O)(OCC)C(N/C(SC)=C(/C#N)C(=O)NCc1ccccc1)c1ccccc1F. The number of amides is 1. The molecule has 1 unspecified atom stereocenters. The van der Waals surface area contributed by atoms with Crippen LogP contribution in [0.1, 0.15) is 30.8 Å². The molecule has 2 rings (SSSR count). The molecule has 0 saturated heterocycles. The molecule has 1 atom stereocenters. The van der Waals surface area contributed by atoms with Crippen molar-refractivity contribution in [3.05, 3.63) is 82.1 Å². The molecule has 0 spiro atoms. The molecule has 2 aromatic rings. The Morgan fingerprint density at radius 3 is 2.27 bits per heavy atom. The number of halogens is 1. The maximum absolute atomic E-state index is 14.7. The van der Waals surface area contributed by atoms with Crippen LogP contribution >= 0.6 is 19.4 Å². The van der Waals surface area contributed by atoms with E-state index in [9.17, 15) is 19.0 Å². The van der Waals surface area contributed by atoms with Crippen molar-refractivity contribution in [1.82, 2.24) is 10.6 Å². The predicted octanol–water partition coefficient (Wildman–Crippen LogP) is 5.09. The lowest BCUT2D eigenvalue weighted by atomic mass is 10.2. The summed E-state index contributed by atoms with van der Waals surface area (Å²) < 4.78 is 39.2. The van der Waals surface area contributed by atoms with Crippen LogP contribution in [-0.4, -0.2) is 25.4 Å². The van der Waals surface area contributed by atoms with E-state index in [0.29, 0.717) is 0 Å². The second-order valence-corrected chi connectivity index (χ2v) is 9.56.